The summed E-state index contributed by atoms with van der Waals surface area (Å²) >= 11 is 0. The highest BCUT2D eigenvalue weighted by Crippen LogP contribution is 2.44. The number of non-ortho nitro benzene ring substituents is 1. The SMILES string of the molecule is CC[C@@]1(OC(C)=O)C(=O)OCc2c1cc1n(c2=O)Cc2c-1nc1ccc([N+](=O)[O-])cc1c2N(C)CCO. The summed E-state index contributed by atoms with van der Waals surface area (Å²) in [7, 11) is 1.75. The summed E-state index contributed by atoms with van der Waals surface area (Å²) < 4.78 is 12.3. The molecule has 2 aliphatic rings. The maximum atomic E-state index is 13.7. The molecule has 2 aromatic heterocycles. The first-order valence-corrected chi connectivity index (χ1v) is 11.7. The molecule has 12 nitrogen and oxygen atoms in total. The van der Waals surface area contributed by atoms with E-state index in [0.717, 1.165) is 0 Å². The van der Waals surface area contributed by atoms with Crippen LogP contribution in [0, 0.1) is 10.1 Å². The number of likely N-dealkylation sites (N-methyl/N-ethyl adjacent to an activating group) is 1. The zero-order valence-electron chi connectivity index (χ0n) is 20.4. The van der Waals surface area contributed by atoms with Gasteiger partial charge in [-0.2, -0.15) is 0 Å². The number of carbonyl (C=O) groups is 2. The van der Waals surface area contributed by atoms with Crippen LogP contribution in [0.3, 0.4) is 0 Å². The summed E-state index contributed by atoms with van der Waals surface area (Å²) in [5, 5.41) is 21.6. The normalized spacial score (nSPS) is 17.6. The topological polar surface area (TPSA) is 154 Å². The lowest BCUT2D eigenvalue weighted by Crippen LogP contribution is -2.47. The lowest BCUT2D eigenvalue weighted by molar-refractivity contribution is -0.384. The van der Waals surface area contributed by atoms with Gasteiger partial charge in [0.05, 0.1) is 46.2 Å². The van der Waals surface area contributed by atoms with Gasteiger partial charge < -0.3 is 24.0 Å². The fourth-order valence-electron chi connectivity index (χ4n) is 5.26. The van der Waals surface area contributed by atoms with Crippen molar-refractivity contribution in [1.82, 2.24) is 9.55 Å². The average molecular weight is 508 g/mol. The molecule has 3 aromatic rings. The molecule has 0 unspecified atom stereocenters. The largest absolute Gasteiger partial charge is 0.457 e. The Kier molecular flexibility index (Phi) is 5.71. The second-order valence-corrected chi connectivity index (χ2v) is 9.05. The maximum Gasteiger partial charge on any atom is 0.355 e. The molecule has 1 atom stereocenters. The smallest absolute Gasteiger partial charge is 0.355 e. The monoisotopic (exact) mass is 508 g/mol. The quantitative estimate of drug-likeness (QED) is 0.232. The number of benzene rings is 1. The third-order valence-corrected chi connectivity index (χ3v) is 6.95. The molecule has 0 amide bonds. The van der Waals surface area contributed by atoms with Crippen LogP contribution in [-0.4, -0.2) is 51.7 Å². The number of cyclic esters (lactones) is 1. The maximum absolute atomic E-state index is 13.7. The van der Waals surface area contributed by atoms with Crippen molar-refractivity contribution in [3.05, 3.63) is 61.4 Å². The van der Waals surface area contributed by atoms with Crippen molar-refractivity contribution >= 4 is 34.2 Å². The van der Waals surface area contributed by atoms with Crippen LogP contribution in [-0.2, 0) is 37.8 Å². The molecule has 1 aromatic carbocycles. The van der Waals surface area contributed by atoms with Crippen LogP contribution in [0.4, 0.5) is 11.4 Å². The third kappa shape index (κ3) is 3.55. The molecule has 2 aliphatic heterocycles. The highest BCUT2D eigenvalue weighted by molar-refractivity contribution is 5.99. The van der Waals surface area contributed by atoms with Crippen LogP contribution in [0.1, 0.15) is 37.0 Å². The number of aliphatic hydroxyl groups is 1. The van der Waals surface area contributed by atoms with Crippen LogP contribution in [0.2, 0.25) is 0 Å². The number of esters is 2. The van der Waals surface area contributed by atoms with Gasteiger partial charge >= 0.3 is 11.9 Å². The van der Waals surface area contributed by atoms with E-state index in [0.29, 0.717) is 33.5 Å². The molecule has 0 bridgehead atoms. The molecule has 12 heteroatoms. The van der Waals surface area contributed by atoms with Crippen LogP contribution in [0.15, 0.2) is 29.1 Å². The Balaban J connectivity index is 1.82. The van der Waals surface area contributed by atoms with Gasteiger partial charge in [0.2, 0.25) is 5.60 Å². The predicted molar refractivity (Wildman–Crippen MR) is 131 cm³/mol. The number of carbonyl (C=O) groups excluding carboxylic acids is 2. The molecular formula is C25H24N4O8. The Morgan fingerprint density at radius 1 is 1.32 bits per heavy atom. The number of nitrogens with zero attached hydrogens (tertiary/aromatic N) is 4. The predicted octanol–water partition coefficient (Wildman–Crippen LogP) is 1.99. The number of rotatable bonds is 6. The zero-order valence-corrected chi connectivity index (χ0v) is 20.4. The van der Waals surface area contributed by atoms with Gasteiger partial charge in [0.25, 0.3) is 11.2 Å². The Morgan fingerprint density at radius 3 is 2.73 bits per heavy atom. The summed E-state index contributed by atoms with van der Waals surface area (Å²) in [4.78, 5) is 56.0. The summed E-state index contributed by atoms with van der Waals surface area (Å²) in [6, 6.07) is 5.97. The number of aliphatic hydroxyl groups excluding tert-OH is 1. The molecule has 0 saturated carbocycles. The highest BCUT2D eigenvalue weighted by Gasteiger charge is 2.50. The van der Waals surface area contributed by atoms with Gasteiger partial charge in [-0.15, -0.1) is 0 Å². The van der Waals surface area contributed by atoms with Crippen LogP contribution < -0.4 is 10.5 Å². The first kappa shape index (κ1) is 24.4. The molecule has 0 saturated heterocycles. The van der Waals surface area contributed by atoms with Gasteiger partial charge in [0.1, 0.15) is 6.61 Å². The lowest BCUT2D eigenvalue weighted by atomic mass is 9.85. The molecule has 192 valence electrons. The van der Waals surface area contributed by atoms with Crippen LogP contribution >= 0.6 is 0 Å². The fraction of sp³-hybridized carbons (Fsp3) is 0.360. The number of nitro groups is 1. The molecule has 1 N–H and O–H groups in total. The summed E-state index contributed by atoms with van der Waals surface area (Å²) in [6.45, 7) is 2.79. The van der Waals surface area contributed by atoms with Gasteiger partial charge in [0, 0.05) is 49.2 Å². The Hall–Kier alpha value is -4.32. The number of pyridine rings is 2. The van der Waals surface area contributed by atoms with Crippen molar-refractivity contribution in [3.8, 4) is 11.4 Å². The molecule has 0 fully saturated rings. The Morgan fingerprint density at radius 2 is 2.08 bits per heavy atom. The molecule has 5 rings (SSSR count). The second-order valence-electron chi connectivity index (χ2n) is 9.05. The minimum Gasteiger partial charge on any atom is -0.457 e. The number of anilines is 1. The summed E-state index contributed by atoms with van der Waals surface area (Å²) in [5.41, 5.74) is 0.804. The molecular weight excluding hydrogens is 484 g/mol. The number of nitro benzene ring substituents is 1. The minimum atomic E-state index is -1.76. The van der Waals surface area contributed by atoms with Crippen molar-refractivity contribution in [2.45, 2.75) is 39.0 Å². The van der Waals surface area contributed by atoms with Gasteiger partial charge in [-0.25, -0.2) is 9.78 Å². The number of ether oxygens (including phenoxy) is 2. The number of hydrogen-bond donors (Lipinski definition) is 1. The van der Waals surface area contributed by atoms with Gasteiger partial charge in [-0.1, -0.05) is 6.92 Å². The average Bonchev–Trinajstić information content (AvgIpc) is 3.22. The Bertz CT molecular complexity index is 1560. The fourth-order valence-corrected chi connectivity index (χ4v) is 5.26. The molecule has 0 radical (unpaired) electrons. The van der Waals surface area contributed by atoms with Gasteiger partial charge in [-0.05, 0) is 18.6 Å². The number of fused-ring (bicyclic) bond motifs is 5. The van der Waals surface area contributed by atoms with Crippen LogP contribution in [0.5, 0.6) is 0 Å². The highest BCUT2D eigenvalue weighted by atomic mass is 16.6. The first-order chi connectivity index (χ1) is 17.6. The molecule has 4 heterocycles. The van der Waals surface area contributed by atoms with E-state index in [2.05, 4.69) is 0 Å². The molecule has 0 aliphatic carbocycles. The van der Waals surface area contributed by atoms with E-state index < -0.39 is 28.0 Å². The van der Waals surface area contributed by atoms with Crippen molar-refractivity contribution < 1.29 is 29.1 Å². The van der Waals surface area contributed by atoms with Gasteiger partial charge in [0.15, 0.2) is 0 Å². The van der Waals surface area contributed by atoms with Crippen molar-refractivity contribution in [2.75, 3.05) is 25.1 Å². The van der Waals surface area contributed by atoms with Crippen LogP contribution in [0.25, 0.3) is 22.3 Å². The lowest BCUT2D eigenvalue weighted by Gasteiger charge is -2.35. The van der Waals surface area contributed by atoms with E-state index in [1.165, 1.54) is 29.7 Å². The van der Waals surface area contributed by atoms with E-state index in [4.69, 9.17) is 14.5 Å². The Labute approximate surface area is 210 Å². The second kappa shape index (κ2) is 8.66. The number of hydrogen-bond acceptors (Lipinski definition) is 10. The van der Waals surface area contributed by atoms with E-state index >= 15 is 0 Å². The minimum absolute atomic E-state index is 0.0630. The number of aromatic nitrogens is 2. The third-order valence-electron chi connectivity index (χ3n) is 6.95. The summed E-state index contributed by atoms with van der Waals surface area (Å²) in [5.74, 6) is -1.44. The first-order valence-electron chi connectivity index (χ1n) is 11.7. The standard InChI is InChI=1S/C25H24N4O8/c1-4-25(37-13(2)31)18-10-20-21-16(11-28(20)23(32)17(18)12-36-24(25)33)22(27(3)7-8-30)15-9-14(29(34)35)5-6-19(15)26-21/h5-6,9-10,30H,4,7-8,11-12H2,1-3H3/t25-/m0/s1. The van der Waals surface area contributed by atoms with Crippen molar-refractivity contribution in [2.24, 2.45) is 0 Å². The molecule has 0 spiro atoms. The summed E-state index contributed by atoms with van der Waals surface area (Å²) in [6.07, 6.45) is 0.0630. The van der Waals surface area contributed by atoms with Crippen molar-refractivity contribution in [3.63, 3.8) is 0 Å². The zero-order chi connectivity index (χ0) is 26.6. The van der Waals surface area contributed by atoms with E-state index in [9.17, 15) is 29.6 Å². The molecule has 37 heavy (non-hydrogen) atoms. The van der Waals surface area contributed by atoms with Gasteiger partial charge in [-0.3, -0.25) is 19.7 Å². The van der Waals surface area contributed by atoms with E-state index in [-0.39, 0.29) is 49.5 Å². The van der Waals surface area contributed by atoms with Crippen molar-refractivity contribution in [1.29, 1.82) is 0 Å². The van der Waals surface area contributed by atoms with E-state index in [1.54, 1.807) is 24.9 Å². The van der Waals surface area contributed by atoms with E-state index in [1.807, 2.05) is 0 Å².